The molecule has 1 unspecified atom stereocenters. The summed E-state index contributed by atoms with van der Waals surface area (Å²) in [5.41, 5.74) is 0. The molecule has 0 aromatic rings. The highest BCUT2D eigenvalue weighted by atomic mass is 32.1. The van der Waals surface area contributed by atoms with E-state index in [1.807, 2.05) is 0 Å². The summed E-state index contributed by atoms with van der Waals surface area (Å²) in [6, 6.07) is 1.28. The van der Waals surface area contributed by atoms with Gasteiger partial charge in [-0.2, -0.15) is 5.26 Å². The highest BCUT2D eigenvalue weighted by molar-refractivity contribution is 7.96. The second-order valence-electron chi connectivity index (χ2n) is 1.24. The van der Waals surface area contributed by atoms with Gasteiger partial charge in [-0.15, -0.1) is 12.6 Å². The van der Waals surface area contributed by atoms with E-state index in [2.05, 4.69) is 12.6 Å². The Morgan fingerprint density at radius 3 is 2.11 bits per heavy atom. The van der Waals surface area contributed by atoms with Crippen LogP contribution in [0.3, 0.4) is 0 Å². The number of carboxylic acid groups (broad SMARTS) is 1. The Kier molecular flexibility index (Phi) is 2.74. The monoisotopic (exact) mass is 145 g/mol. The molecule has 1 N–H and O–H groups in total. The Bertz CT molecular complexity index is 169. The van der Waals surface area contributed by atoms with Gasteiger partial charge in [0.25, 0.3) is 0 Å². The number of aliphatic carboxylic acids is 1. The van der Waals surface area contributed by atoms with E-state index in [1.54, 1.807) is 0 Å². The Morgan fingerprint density at radius 2 is 2.11 bits per heavy atom. The van der Waals surface area contributed by atoms with Crippen molar-refractivity contribution in [3.8, 4) is 6.07 Å². The molecule has 0 saturated heterocycles. The van der Waals surface area contributed by atoms with E-state index in [0.717, 1.165) is 0 Å². The molecule has 0 saturated carbocycles. The summed E-state index contributed by atoms with van der Waals surface area (Å²) in [4.78, 5) is 20.0. The third-order valence-electron chi connectivity index (χ3n) is 0.623. The van der Waals surface area contributed by atoms with E-state index in [-0.39, 0.29) is 0 Å². The summed E-state index contributed by atoms with van der Waals surface area (Å²) >= 11 is 3.17. The summed E-state index contributed by atoms with van der Waals surface area (Å²) in [5.74, 6) is -3.09. The maximum Gasteiger partial charge on any atom is 0.329 e. The lowest BCUT2D eigenvalue weighted by molar-refractivity contribution is -0.141. The third kappa shape index (κ3) is 2.15. The van der Waals surface area contributed by atoms with Gasteiger partial charge in [-0.3, -0.25) is 9.59 Å². The highest BCUT2D eigenvalue weighted by Crippen LogP contribution is 1.98. The smallest absolute Gasteiger partial charge is 0.329 e. The molecule has 0 spiro atoms. The summed E-state index contributed by atoms with van der Waals surface area (Å²) in [5, 5.41) is 15.1. The Hall–Kier alpha value is -1.02. The predicted octanol–water partition coefficient (Wildman–Crippen LogP) is -0.333. The van der Waals surface area contributed by atoms with E-state index < -0.39 is 17.0 Å². The molecule has 0 heterocycles. The molecule has 0 bridgehead atoms. The number of nitriles is 1. The SMILES string of the molecule is N#CC(C(=O)O)C(=O)S. The van der Waals surface area contributed by atoms with Crippen LogP contribution >= 0.6 is 12.6 Å². The normalized spacial score (nSPS) is 11.6. The van der Waals surface area contributed by atoms with E-state index in [1.165, 1.54) is 6.07 Å². The van der Waals surface area contributed by atoms with Crippen molar-refractivity contribution in [3.63, 3.8) is 0 Å². The van der Waals surface area contributed by atoms with E-state index in [4.69, 9.17) is 10.4 Å². The van der Waals surface area contributed by atoms with Crippen molar-refractivity contribution in [1.29, 1.82) is 5.26 Å². The van der Waals surface area contributed by atoms with Gasteiger partial charge >= 0.3 is 5.97 Å². The molecular weight excluding hydrogens is 142 g/mol. The molecule has 0 rings (SSSR count). The van der Waals surface area contributed by atoms with Crippen LogP contribution in [0.4, 0.5) is 0 Å². The first-order valence-corrected chi connectivity index (χ1v) is 2.39. The molecule has 4 nitrogen and oxygen atoms in total. The Morgan fingerprint density at radius 1 is 1.67 bits per heavy atom. The van der Waals surface area contributed by atoms with Crippen LogP contribution in [-0.4, -0.2) is 16.2 Å². The van der Waals surface area contributed by atoms with Crippen LogP contribution in [0.1, 0.15) is 0 Å². The highest BCUT2D eigenvalue weighted by Gasteiger charge is 2.21. The average Bonchev–Trinajstić information content (AvgIpc) is 1.64. The lowest BCUT2D eigenvalue weighted by Crippen LogP contribution is -2.17. The van der Waals surface area contributed by atoms with Gasteiger partial charge in [0.2, 0.25) is 11.0 Å². The molecule has 48 valence electrons. The molecule has 0 aliphatic carbocycles. The van der Waals surface area contributed by atoms with Crippen LogP contribution in [0.2, 0.25) is 0 Å². The fourth-order valence-electron chi connectivity index (χ4n) is 0.216. The lowest BCUT2D eigenvalue weighted by atomic mass is 10.2. The molecule has 0 aliphatic rings. The van der Waals surface area contributed by atoms with Gasteiger partial charge < -0.3 is 5.11 Å². The topological polar surface area (TPSA) is 78.2 Å². The maximum atomic E-state index is 10.1. The maximum absolute atomic E-state index is 10.1. The van der Waals surface area contributed by atoms with Crippen LogP contribution in [0.5, 0.6) is 0 Å². The van der Waals surface area contributed by atoms with Gasteiger partial charge in [-0.05, 0) is 0 Å². The fraction of sp³-hybridized carbons (Fsp3) is 0.250. The van der Waals surface area contributed by atoms with Crippen molar-refractivity contribution in [2.75, 3.05) is 0 Å². The van der Waals surface area contributed by atoms with Gasteiger partial charge in [0.1, 0.15) is 0 Å². The van der Waals surface area contributed by atoms with Crippen molar-refractivity contribution < 1.29 is 14.7 Å². The number of hydrogen-bond acceptors (Lipinski definition) is 3. The molecular formula is C4H3NO3S. The number of carboxylic acids is 1. The average molecular weight is 145 g/mol. The molecule has 0 aromatic carbocycles. The first-order valence-electron chi connectivity index (χ1n) is 1.95. The first kappa shape index (κ1) is 7.98. The molecule has 0 aromatic heterocycles. The van der Waals surface area contributed by atoms with Crippen LogP contribution in [0.15, 0.2) is 0 Å². The number of carbonyl (C=O) groups excluding carboxylic acids is 1. The van der Waals surface area contributed by atoms with Gasteiger partial charge in [0, 0.05) is 0 Å². The zero-order chi connectivity index (χ0) is 7.44. The number of thiol groups is 1. The predicted molar refractivity (Wildman–Crippen MR) is 30.7 cm³/mol. The number of nitrogens with zero attached hydrogens (tertiary/aromatic N) is 1. The zero-order valence-electron chi connectivity index (χ0n) is 4.24. The summed E-state index contributed by atoms with van der Waals surface area (Å²) in [6.07, 6.45) is 0. The van der Waals surface area contributed by atoms with Crippen molar-refractivity contribution in [3.05, 3.63) is 0 Å². The number of hydrogen-bond donors (Lipinski definition) is 2. The molecule has 5 heteroatoms. The number of rotatable bonds is 2. The molecule has 0 radical (unpaired) electrons. The second-order valence-corrected chi connectivity index (χ2v) is 1.68. The summed E-state index contributed by atoms with van der Waals surface area (Å²) < 4.78 is 0. The largest absolute Gasteiger partial charge is 0.480 e. The fourth-order valence-corrected chi connectivity index (χ4v) is 0.384. The van der Waals surface area contributed by atoms with Gasteiger partial charge in [0.05, 0.1) is 6.07 Å². The lowest BCUT2D eigenvalue weighted by Gasteiger charge is -1.92. The Labute approximate surface area is 56.5 Å². The van der Waals surface area contributed by atoms with E-state index in [0.29, 0.717) is 0 Å². The number of carbonyl (C=O) groups is 2. The molecule has 0 amide bonds. The van der Waals surface area contributed by atoms with Gasteiger partial charge in [-0.25, -0.2) is 0 Å². The first-order chi connectivity index (χ1) is 4.09. The van der Waals surface area contributed by atoms with Gasteiger partial charge in [-0.1, -0.05) is 0 Å². The van der Waals surface area contributed by atoms with E-state index in [9.17, 15) is 9.59 Å². The molecule has 0 aliphatic heterocycles. The molecule has 1 atom stereocenters. The van der Waals surface area contributed by atoms with Crippen molar-refractivity contribution >= 4 is 23.7 Å². The second kappa shape index (κ2) is 3.10. The van der Waals surface area contributed by atoms with E-state index >= 15 is 0 Å². The Balaban J connectivity index is 4.22. The third-order valence-corrected chi connectivity index (χ3v) is 0.881. The minimum Gasteiger partial charge on any atom is -0.480 e. The van der Waals surface area contributed by atoms with Crippen LogP contribution in [-0.2, 0) is 9.59 Å². The standard InChI is InChI=1S/C4H3NO3S/c5-1-2(3(6)7)4(8)9/h2H,(H,6,7)(H,8,9). The quantitative estimate of drug-likeness (QED) is 0.412. The molecule has 0 fully saturated rings. The van der Waals surface area contributed by atoms with Gasteiger partial charge in [0.15, 0.2) is 0 Å². The van der Waals surface area contributed by atoms with Crippen molar-refractivity contribution in [2.45, 2.75) is 0 Å². The van der Waals surface area contributed by atoms with Crippen LogP contribution in [0, 0.1) is 17.2 Å². The minimum absolute atomic E-state index is 0.940. The van der Waals surface area contributed by atoms with Crippen molar-refractivity contribution in [2.24, 2.45) is 5.92 Å². The van der Waals surface area contributed by atoms with Crippen LogP contribution in [0.25, 0.3) is 0 Å². The van der Waals surface area contributed by atoms with Crippen LogP contribution < -0.4 is 0 Å². The summed E-state index contributed by atoms with van der Waals surface area (Å²) in [7, 11) is 0. The summed E-state index contributed by atoms with van der Waals surface area (Å²) in [6.45, 7) is 0. The zero-order valence-corrected chi connectivity index (χ0v) is 5.13. The molecule has 9 heavy (non-hydrogen) atoms. The van der Waals surface area contributed by atoms with Crippen molar-refractivity contribution in [1.82, 2.24) is 0 Å². The minimum atomic E-state index is -1.63.